The maximum atomic E-state index is 12.7. The number of hydrogen-bond acceptors (Lipinski definition) is 6. The molecular formula is C22H28N4O5S. The second-order valence-corrected chi connectivity index (χ2v) is 8.95. The van der Waals surface area contributed by atoms with Gasteiger partial charge in [-0.25, -0.2) is 13.8 Å². The van der Waals surface area contributed by atoms with Gasteiger partial charge in [-0.1, -0.05) is 12.1 Å². The average Bonchev–Trinajstić information content (AvgIpc) is 2.72. The molecule has 0 aliphatic heterocycles. The fraction of sp³-hybridized carbons (Fsp3) is 0.318. The van der Waals surface area contributed by atoms with Crippen LogP contribution in [0.25, 0.3) is 0 Å². The fourth-order valence-corrected chi connectivity index (χ4v) is 4.13. The van der Waals surface area contributed by atoms with E-state index in [0.717, 1.165) is 16.1 Å². The minimum atomic E-state index is -3.74. The molecular weight excluding hydrogens is 432 g/mol. The smallest absolute Gasteiger partial charge is 0.263 e. The number of benzene rings is 2. The van der Waals surface area contributed by atoms with E-state index in [0.29, 0.717) is 29.4 Å². The van der Waals surface area contributed by atoms with Crippen molar-refractivity contribution in [2.45, 2.75) is 33.7 Å². The first-order valence-corrected chi connectivity index (χ1v) is 11.8. The normalized spacial score (nSPS) is 12.6. The standard InChI is InChI=1S/C22H28N4O5S/c1-6-31-21-13-11-20(12-14-21)26(32(5,29)30)16(3)22(28)25-24-15(2)18-7-9-19(10-8-18)23-17(4)27/h7-14,16H,6H2,1-5H3,(H,23,27)(H,25,28)/b24-15-/t16-/m0/s1. The van der Waals surface area contributed by atoms with Crippen LogP contribution in [0, 0.1) is 0 Å². The van der Waals surface area contributed by atoms with Crippen LogP contribution in [0.3, 0.4) is 0 Å². The summed E-state index contributed by atoms with van der Waals surface area (Å²) in [5, 5.41) is 6.76. The molecule has 0 aliphatic carbocycles. The minimum Gasteiger partial charge on any atom is -0.494 e. The van der Waals surface area contributed by atoms with Crippen LogP contribution in [0.1, 0.15) is 33.3 Å². The molecule has 0 saturated carbocycles. The second kappa shape index (κ2) is 10.8. The van der Waals surface area contributed by atoms with Crippen molar-refractivity contribution in [3.8, 4) is 5.75 Å². The van der Waals surface area contributed by atoms with E-state index in [1.807, 2.05) is 6.92 Å². The Hall–Kier alpha value is -3.40. The van der Waals surface area contributed by atoms with Crippen molar-refractivity contribution in [1.29, 1.82) is 0 Å². The summed E-state index contributed by atoms with van der Waals surface area (Å²) in [6, 6.07) is 12.4. The Kier molecular flexibility index (Phi) is 8.36. The third-order valence-corrected chi connectivity index (χ3v) is 5.69. The van der Waals surface area contributed by atoms with Gasteiger partial charge in [0.05, 0.1) is 24.3 Å². The molecule has 2 aromatic rings. The Balaban J connectivity index is 2.16. The molecule has 1 atom stereocenters. The van der Waals surface area contributed by atoms with Crippen molar-refractivity contribution >= 4 is 38.9 Å². The Morgan fingerprint density at radius 3 is 2.16 bits per heavy atom. The molecule has 0 saturated heterocycles. The molecule has 0 aliphatic rings. The summed E-state index contributed by atoms with van der Waals surface area (Å²) in [5.41, 5.74) is 4.67. The van der Waals surface area contributed by atoms with E-state index in [2.05, 4.69) is 15.8 Å². The Morgan fingerprint density at radius 2 is 1.66 bits per heavy atom. The molecule has 10 heteroatoms. The van der Waals surface area contributed by atoms with Crippen LogP contribution >= 0.6 is 0 Å². The highest BCUT2D eigenvalue weighted by Crippen LogP contribution is 2.24. The number of hydrazone groups is 1. The third-order valence-electron chi connectivity index (χ3n) is 4.45. The summed E-state index contributed by atoms with van der Waals surface area (Å²) in [7, 11) is -3.74. The van der Waals surface area contributed by atoms with Gasteiger partial charge in [-0.3, -0.25) is 13.9 Å². The molecule has 0 aromatic heterocycles. The van der Waals surface area contributed by atoms with Crippen LogP contribution in [-0.4, -0.2) is 44.8 Å². The predicted molar refractivity (Wildman–Crippen MR) is 125 cm³/mol. The molecule has 0 radical (unpaired) electrons. The summed E-state index contributed by atoms with van der Waals surface area (Å²) in [6.45, 7) is 6.95. The summed E-state index contributed by atoms with van der Waals surface area (Å²) in [6.07, 6.45) is 1.04. The van der Waals surface area contributed by atoms with Gasteiger partial charge >= 0.3 is 0 Å². The Morgan fingerprint density at radius 1 is 1.06 bits per heavy atom. The van der Waals surface area contributed by atoms with Crippen LogP contribution in [0.4, 0.5) is 11.4 Å². The molecule has 2 amide bonds. The van der Waals surface area contributed by atoms with Crippen molar-refractivity contribution < 1.29 is 22.7 Å². The quantitative estimate of drug-likeness (QED) is 0.441. The molecule has 0 bridgehead atoms. The topological polar surface area (TPSA) is 117 Å². The lowest BCUT2D eigenvalue weighted by molar-refractivity contribution is -0.121. The van der Waals surface area contributed by atoms with Gasteiger partial charge in [0.1, 0.15) is 11.8 Å². The zero-order chi connectivity index (χ0) is 23.9. The summed E-state index contributed by atoms with van der Waals surface area (Å²) in [5.74, 6) is -0.155. The number of nitrogens with zero attached hydrogens (tertiary/aromatic N) is 2. The number of anilines is 2. The second-order valence-electron chi connectivity index (χ2n) is 7.09. The molecule has 32 heavy (non-hydrogen) atoms. The first-order chi connectivity index (χ1) is 15.0. The summed E-state index contributed by atoms with van der Waals surface area (Å²) >= 11 is 0. The van der Waals surface area contributed by atoms with Gasteiger partial charge in [0, 0.05) is 12.6 Å². The fourth-order valence-electron chi connectivity index (χ4n) is 2.96. The number of ether oxygens (including phenoxy) is 1. The molecule has 0 fully saturated rings. The molecule has 2 rings (SSSR count). The van der Waals surface area contributed by atoms with Crippen LogP contribution in [0.15, 0.2) is 53.6 Å². The molecule has 172 valence electrons. The summed E-state index contributed by atoms with van der Waals surface area (Å²) in [4.78, 5) is 23.8. The number of carbonyl (C=O) groups is 2. The van der Waals surface area contributed by atoms with Gasteiger partial charge in [-0.15, -0.1) is 0 Å². The first-order valence-electron chi connectivity index (χ1n) is 9.97. The van der Waals surface area contributed by atoms with Gasteiger partial charge in [-0.05, 0) is 62.7 Å². The monoisotopic (exact) mass is 460 g/mol. The SMILES string of the molecule is CCOc1ccc(N([C@@H](C)C(=O)N/N=C(/C)c2ccc(NC(C)=O)cc2)S(C)(=O)=O)cc1. The van der Waals surface area contributed by atoms with Gasteiger partial charge in [0.25, 0.3) is 5.91 Å². The first kappa shape index (κ1) is 24.9. The Labute approximate surface area is 188 Å². The van der Waals surface area contributed by atoms with Crippen molar-refractivity contribution in [3.05, 3.63) is 54.1 Å². The van der Waals surface area contributed by atoms with Gasteiger partial charge < -0.3 is 10.1 Å². The number of sulfonamides is 1. The lowest BCUT2D eigenvalue weighted by atomic mass is 10.1. The number of nitrogens with one attached hydrogen (secondary N) is 2. The van der Waals surface area contributed by atoms with E-state index in [-0.39, 0.29) is 5.91 Å². The highest BCUT2D eigenvalue weighted by molar-refractivity contribution is 7.92. The van der Waals surface area contributed by atoms with E-state index in [1.165, 1.54) is 13.8 Å². The minimum absolute atomic E-state index is 0.174. The highest BCUT2D eigenvalue weighted by Gasteiger charge is 2.29. The molecule has 2 N–H and O–H groups in total. The van der Waals surface area contributed by atoms with Gasteiger partial charge in [0.15, 0.2) is 0 Å². The molecule has 2 aromatic carbocycles. The number of carbonyl (C=O) groups excluding carboxylic acids is 2. The van der Waals surface area contributed by atoms with Crippen LogP contribution in [0.2, 0.25) is 0 Å². The van der Waals surface area contributed by atoms with E-state index >= 15 is 0 Å². The molecule has 0 spiro atoms. The molecule has 0 unspecified atom stereocenters. The molecule has 9 nitrogen and oxygen atoms in total. The van der Waals surface area contributed by atoms with Crippen LogP contribution < -0.4 is 19.8 Å². The zero-order valence-electron chi connectivity index (χ0n) is 18.7. The average molecular weight is 461 g/mol. The summed E-state index contributed by atoms with van der Waals surface area (Å²) < 4.78 is 31.2. The zero-order valence-corrected chi connectivity index (χ0v) is 19.6. The van der Waals surface area contributed by atoms with Crippen LogP contribution in [-0.2, 0) is 19.6 Å². The largest absolute Gasteiger partial charge is 0.494 e. The third kappa shape index (κ3) is 6.81. The van der Waals surface area contributed by atoms with Gasteiger partial charge in [-0.2, -0.15) is 5.10 Å². The van der Waals surface area contributed by atoms with E-state index in [9.17, 15) is 18.0 Å². The maximum absolute atomic E-state index is 12.7. The maximum Gasteiger partial charge on any atom is 0.263 e. The van der Waals surface area contributed by atoms with E-state index < -0.39 is 22.0 Å². The number of rotatable bonds is 9. The van der Waals surface area contributed by atoms with E-state index in [4.69, 9.17) is 4.74 Å². The van der Waals surface area contributed by atoms with Gasteiger partial charge in [0.2, 0.25) is 15.9 Å². The molecule has 0 heterocycles. The number of hydrogen-bond donors (Lipinski definition) is 2. The lowest BCUT2D eigenvalue weighted by Gasteiger charge is -2.27. The van der Waals surface area contributed by atoms with Crippen molar-refractivity contribution in [3.63, 3.8) is 0 Å². The van der Waals surface area contributed by atoms with Crippen molar-refractivity contribution in [2.24, 2.45) is 5.10 Å². The number of amides is 2. The van der Waals surface area contributed by atoms with Crippen molar-refractivity contribution in [1.82, 2.24) is 5.43 Å². The van der Waals surface area contributed by atoms with E-state index in [1.54, 1.807) is 55.5 Å². The highest BCUT2D eigenvalue weighted by atomic mass is 32.2. The lowest BCUT2D eigenvalue weighted by Crippen LogP contribution is -2.46. The Bertz CT molecular complexity index is 1080. The van der Waals surface area contributed by atoms with Crippen molar-refractivity contribution in [2.75, 3.05) is 22.5 Å². The predicted octanol–water partition coefficient (Wildman–Crippen LogP) is 2.74. The van der Waals surface area contributed by atoms with Crippen LogP contribution in [0.5, 0.6) is 5.75 Å².